The second kappa shape index (κ2) is 32.0. The van der Waals surface area contributed by atoms with Crippen molar-refractivity contribution in [2.45, 2.75) is 222 Å². The van der Waals surface area contributed by atoms with Crippen LogP contribution < -0.4 is 0 Å². The molecule has 0 aromatic carbocycles. The van der Waals surface area contributed by atoms with Gasteiger partial charge in [-0.1, -0.05) is 122 Å². The number of ether oxygens (including phenoxy) is 6. The lowest BCUT2D eigenvalue weighted by molar-refractivity contribution is -0.332. The van der Waals surface area contributed by atoms with Gasteiger partial charge in [-0.25, -0.2) is 0 Å². The first-order chi connectivity index (χ1) is 28.0. The van der Waals surface area contributed by atoms with E-state index in [2.05, 4.69) is 13.5 Å². The lowest BCUT2D eigenvalue weighted by Crippen LogP contribution is -2.61. The first-order valence-corrected chi connectivity index (χ1v) is 22.2. The highest BCUT2D eigenvalue weighted by molar-refractivity contribution is 5.70. The highest BCUT2D eigenvalue weighted by Gasteiger charge is 2.47. The lowest BCUT2D eigenvalue weighted by Gasteiger charge is -2.42. The molecule has 7 N–H and O–H groups in total. The number of esters is 2. The van der Waals surface area contributed by atoms with Crippen LogP contribution in [0.25, 0.3) is 0 Å². The van der Waals surface area contributed by atoms with Crippen molar-refractivity contribution in [2.24, 2.45) is 0 Å². The Balaban J connectivity index is 1.83. The van der Waals surface area contributed by atoms with Gasteiger partial charge in [-0.2, -0.15) is 0 Å². The Morgan fingerprint density at radius 1 is 0.569 bits per heavy atom. The fraction of sp³-hybridized carbons (Fsp3) is 0.907. The molecular weight excluding hydrogens is 756 g/mol. The molecule has 0 spiro atoms. The van der Waals surface area contributed by atoms with Crippen LogP contribution >= 0.6 is 0 Å². The molecule has 0 aromatic heterocycles. The second-order valence-electron chi connectivity index (χ2n) is 16.0. The first-order valence-electron chi connectivity index (χ1n) is 22.2. The summed E-state index contributed by atoms with van der Waals surface area (Å²) in [6, 6.07) is 0. The summed E-state index contributed by atoms with van der Waals surface area (Å²) in [5, 5.41) is 71.7. The van der Waals surface area contributed by atoms with E-state index >= 15 is 0 Å². The van der Waals surface area contributed by atoms with Crippen LogP contribution in [0.4, 0.5) is 0 Å². The zero-order valence-corrected chi connectivity index (χ0v) is 35.1. The van der Waals surface area contributed by atoms with Crippen LogP contribution in [0, 0.1) is 0 Å². The quantitative estimate of drug-likeness (QED) is 0.0273. The predicted molar refractivity (Wildman–Crippen MR) is 215 cm³/mol. The van der Waals surface area contributed by atoms with Gasteiger partial charge in [-0.05, 0) is 25.7 Å². The van der Waals surface area contributed by atoms with E-state index in [1.807, 2.05) is 6.08 Å². The SMILES string of the molecule is C=CCCCCCCCCCCCCCCCC(=O)O[C@H](COC(=O)CCCCCCCCC)CO[C@@H]1O[C@H](CO[C@@H]2O[C@H](CO)[C@H](O)C(O)C2O)[C@H](O)C(O)C1O. The van der Waals surface area contributed by atoms with Gasteiger partial charge in [0.1, 0.15) is 55.4 Å². The molecule has 4 unspecified atom stereocenters. The highest BCUT2D eigenvalue weighted by atomic mass is 16.7. The molecular formula is C43H78O15. The van der Waals surface area contributed by atoms with E-state index in [0.717, 1.165) is 51.4 Å². The Morgan fingerprint density at radius 2 is 1.02 bits per heavy atom. The van der Waals surface area contributed by atoms with Gasteiger partial charge >= 0.3 is 11.9 Å². The number of allylic oxidation sites excluding steroid dienone is 1. The van der Waals surface area contributed by atoms with E-state index in [0.29, 0.717) is 12.8 Å². The van der Waals surface area contributed by atoms with E-state index in [-0.39, 0.29) is 26.1 Å². The molecule has 2 aliphatic rings. The normalized spacial score (nSPS) is 27.9. The van der Waals surface area contributed by atoms with Crippen molar-refractivity contribution in [3.05, 3.63) is 12.7 Å². The fourth-order valence-corrected chi connectivity index (χ4v) is 7.14. The molecule has 2 heterocycles. The minimum atomic E-state index is -1.76. The average molecular weight is 835 g/mol. The minimum Gasteiger partial charge on any atom is -0.462 e. The van der Waals surface area contributed by atoms with E-state index < -0.39 is 92.7 Å². The number of aliphatic hydroxyl groups is 7. The third-order valence-electron chi connectivity index (χ3n) is 10.9. The first kappa shape index (κ1) is 52.4. The monoisotopic (exact) mass is 835 g/mol. The summed E-state index contributed by atoms with van der Waals surface area (Å²) in [5.74, 6) is -0.931. The van der Waals surface area contributed by atoms with Crippen molar-refractivity contribution in [1.29, 1.82) is 0 Å². The highest BCUT2D eigenvalue weighted by Crippen LogP contribution is 2.26. The standard InChI is InChI=1S/C43H78O15/c1-3-5-7-9-11-12-13-14-15-16-17-18-20-22-24-26-35(46)56-31(28-53-34(45)25-23-21-19-10-8-6-4-2)29-54-42-41(52)39(50)37(48)33(58-42)30-55-43-40(51)38(49)36(47)32(27-44)57-43/h3,31-33,36-44,47-52H,1,4-30H2,2H3/t31-,32-,33-,36+,37+,38?,39?,40?,41?,42-,43-/m1/s1. The van der Waals surface area contributed by atoms with E-state index in [1.54, 1.807) is 0 Å². The molecule has 15 nitrogen and oxygen atoms in total. The van der Waals surface area contributed by atoms with Crippen molar-refractivity contribution in [2.75, 3.05) is 26.4 Å². The molecule has 0 aliphatic carbocycles. The van der Waals surface area contributed by atoms with Crippen LogP contribution in [0.3, 0.4) is 0 Å². The number of carbonyl (C=O) groups excluding carboxylic acids is 2. The predicted octanol–water partition coefficient (Wildman–Crippen LogP) is 4.26. The Kier molecular flexibility index (Phi) is 28.9. The summed E-state index contributed by atoms with van der Waals surface area (Å²) in [6.45, 7) is 4.05. The summed E-state index contributed by atoms with van der Waals surface area (Å²) in [4.78, 5) is 25.5. The van der Waals surface area contributed by atoms with Gasteiger partial charge in [0.25, 0.3) is 0 Å². The van der Waals surface area contributed by atoms with Crippen molar-refractivity contribution in [3.63, 3.8) is 0 Å². The zero-order valence-electron chi connectivity index (χ0n) is 35.1. The molecule has 2 aliphatic heterocycles. The molecule has 2 rings (SSSR count). The maximum atomic E-state index is 12.9. The van der Waals surface area contributed by atoms with Gasteiger partial charge in [0, 0.05) is 12.8 Å². The summed E-state index contributed by atoms with van der Waals surface area (Å²) in [6.07, 6.45) is 8.90. The van der Waals surface area contributed by atoms with E-state index in [4.69, 9.17) is 28.4 Å². The van der Waals surface area contributed by atoms with Crippen LogP contribution in [0.1, 0.15) is 155 Å². The molecule has 58 heavy (non-hydrogen) atoms. The van der Waals surface area contributed by atoms with Crippen LogP contribution in [0.2, 0.25) is 0 Å². The number of unbranched alkanes of at least 4 members (excludes halogenated alkanes) is 19. The lowest BCUT2D eigenvalue weighted by atomic mass is 9.98. The molecule has 2 saturated heterocycles. The Hall–Kier alpha value is -1.76. The summed E-state index contributed by atoms with van der Waals surface area (Å²) in [7, 11) is 0. The maximum Gasteiger partial charge on any atom is 0.306 e. The van der Waals surface area contributed by atoms with Gasteiger partial charge in [-0.3, -0.25) is 9.59 Å². The minimum absolute atomic E-state index is 0.167. The third kappa shape index (κ3) is 21.2. The number of hydrogen-bond acceptors (Lipinski definition) is 15. The van der Waals surface area contributed by atoms with Gasteiger partial charge < -0.3 is 64.2 Å². The van der Waals surface area contributed by atoms with E-state index in [1.165, 1.54) is 70.6 Å². The van der Waals surface area contributed by atoms with Gasteiger partial charge in [0.2, 0.25) is 0 Å². The van der Waals surface area contributed by atoms with Crippen molar-refractivity contribution in [1.82, 2.24) is 0 Å². The molecule has 2 fully saturated rings. The van der Waals surface area contributed by atoms with Gasteiger partial charge in [-0.15, -0.1) is 6.58 Å². The molecule has 0 saturated carbocycles. The summed E-state index contributed by atoms with van der Waals surface area (Å²) in [5.41, 5.74) is 0. The molecule has 0 bridgehead atoms. The summed E-state index contributed by atoms with van der Waals surface area (Å²) >= 11 is 0. The molecule has 0 aromatic rings. The van der Waals surface area contributed by atoms with Crippen molar-refractivity contribution < 1.29 is 73.8 Å². The third-order valence-corrected chi connectivity index (χ3v) is 10.9. The topological polar surface area (TPSA) is 231 Å². The zero-order chi connectivity index (χ0) is 42.5. The molecule has 11 atom stereocenters. The van der Waals surface area contributed by atoms with Gasteiger partial charge in [0.05, 0.1) is 19.8 Å². The molecule has 15 heteroatoms. The molecule has 0 radical (unpaired) electrons. The smallest absolute Gasteiger partial charge is 0.306 e. The molecule has 0 amide bonds. The van der Waals surface area contributed by atoms with Crippen LogP contribution in [-0.4, -0.2) is 142 Å². The number of rotatable bonds is 34. The average Bonchev–Trinajstić information content (AvgIpc) is 3.21. The van der Waals surface area contributed by atoms with Crippen LogP contribution in [0.5, 0.6) is 0 Å². The van der Waals surface area contributed by atoms with Crippen LogP contribution in [-0.2, 0) is 38.0 Å². The van der Waals surface area contributed by atoms with Gasteiger partial charge in [0.15, 0.2) is 18.7 Å². The largest absolute Gasteiger partial charge is 0.462 e. The fourth-order valence-electron chi connectivity index (χ4n) is 7.14. The van der Waals surface area contributed by atoms with Crippen molar-refractivity contribution >= 4 is 11.9 Å². The number of carbonyl (C=O) groups is 2. The number of aliphatic hydroxyl groups excluding tert-OH is 7. The maximum absolute atomic E-state index is 12.9. The molecule has 340 valence electrons. The number of hydrogen-bond donors (Lipinski definition) is 7. The van der Waals surface area contributed by atoms with Crippen LogP contribution in [0.15, 0.2) is 12.7 Å². The van der Waals surface area contributed by atoms with E-state index in [9.17, 15) is 45.3 Å². The Bertz CT molecular complexity index is 1060. The Labute approximate surface area is 346 Å². The Morgan fingerprint density at radius 3 is 1.53 bits per heavy atom. The summed E-state index contributed by atoms with van der Waals surface area (Å²) < 4.78 is 33.3. The second-order valence-corrected chi connectivity index (χ2v) is 16.0. The van der Waals surface area contributed by atoms with Crippen molar-refractivity contribution in [3.8, 4) is 0 Å².